The first-order valence-corrected chi connectivity index (χ1v) is 7.15. The molecule has 0 unspecified atom stereocenters. The number of methoxy groups -OCH3 is 1. The maximum Gasteiger partial charge on any atom is 0.293 e. The van der Waals surface area contributed by atoms with Crippen molar-refractivity contribution in [1.29, 1.82) is 0 Å². The molecule has 23 heavy (non-hydrogen) atoms. The van der Waals surface area contributed by atoms with Gasteiger partial charge in [0, 0.05) is 25.5 Å². The average Bonchev–Trinajstić information content (AvgIpc) is 3.00. The molecule has 0 N–H and O–H groups in total. The monoisotopic (exact) mass is 311 g/mol. The summed E-state index contributed by atoms with van der Waals surface area (Å²) in [5.74, 6) is 1.10. The second-order valence-electron chi connectivity index (χ2n) is 5.24. The van der Waals surface area contributed by atoms with Crippen LogP contribution in [0, 0.1) is 6.92 Å². The van der Waals surface area contributed by atoms with Crippen molar-refractivity contribution in [3.05, 3.63) is 53.6 Å². The van der Waals surface area contributed by atoms with Gasteiger partial charge in [-0.05, 0) is 30.7 Å². The topological polar surface area (TPSA) is 72.6 Å². The fourth-order valence-electron chi connectivity index (χ4n) is 2.24. The zero-order valence-corrected chi connectivity index (χ0v) is 13.2. The van der Waals surface area contributed by atoms with Crippen LogP contribution in [0.5, 0.6) is 5.75 Å². The number of amides is 1. The molecule has 7 heteroatoms. The molecule has 3 aromatic rings. The molecule has 2 aromatic heterocycles. The molecule has 0 atom stereocenters. The van der Waals surface area contributed by atoms with E-state index in [2.05, 4.69) is 15.1 Å². The van der Waals surface area contributed by atoms with E-state index in [9.17, 15) is 4.79 Å². The molecule has 1 aromatic carbocycles. The molecule has 0 fully saturated rings. The Hall–Kier alpha value is -2.96. The molecule has 118 valence electrons. The number of hydrogen-bond acceptors (Lipinski definition) is 5. The lowest BCUT2D eigenvalue weighted by Crippen LogP contribution is -2.27. The fourth-order valence-corrected chi connectivity index (χ4v) is 2.24. The van der Waals surface area contributed by atoms with E-state index in [1.165, 1.54) is 0 Å². The lowest BCUT2D eigenvalue weighted by Gasteiger charge is -2.15. The van der Waals surface area contributed by atoms with E-state index in [1.54, 1.807) is 29.8 Å². The van der Waals surface area contributed by atoms with Gasteiger partial charge in [-0.2, -0.15) is 4.98 Å². The second-order valence-corrected chi connectivity index (χ2v) is 5.24. The summed E-state index contributed by atoms with van der Waals surface area (Å²) in [5, 5.41) is 4.23. The molecule has 0 aliphatic heterocycles. The minimum Gasteiger partial charge on any atom is -0.497 e. The number of ether oxygens (including phenoxy) is 1. The quantitative estimate of drug-likeness (QED) is 0.733. The summed E-state index contributed by atoms with van der Waals surface area (Å²) < 4.78 is 6.69. The summed E-state index contributed by atoms with van der Waals surface area (Å²) in [6, 6.07) is 9.39. The molecule has 1 amide bonds. The molecule has 0 saturated carbocycles. The molecule has 7 nitrogen and oxygen atoms in total. The third-order valence-corrected chi connectivity index (χ3v) is 3.55. The largest absolute Gasteiger partial charge is 0.497 e. The van der Waals surface area contributed by atoms with Crippen molar-refractivity contribution < 1.29 is 9.53 Å². The zero-order valence-electron chi connectivity index (χ0n) is 13.2. The first kappa shape index (κ1) is 15.0. The molecule has 3 rings (SSSR count). The van der Waals surface area contributed by atoms with Gasteiger partial charge in [0.25, 0.3) is 11.7 Å². The molecule has 2 heterocycles. The van der Waals surface area contributed by atoms with Crippen LogP contribution in [0.25, 0.3) is 5.78 Å². The van der Waals surface area contributed by atoms with Crippen LogP contribution in [0.3, 0.4) is 0 Å². The lowest BCUT2D eigenvalue weighted by molar-refractivity contribution is 0.0773. The molecule has 0 aliphatic carbocycles. The molecule has 0 aliphatic rings. The maximum absolute atomic E-state index is 12.5. The summed E-state index contributed by atoms with van der Waals surface area (Å²) in [6.07, 6.45) is 1.65. The van der Waals surface area contributed by atoms with Gasteiger partial charge in [-0.3, -0.25) is 4.79 Å². The van der Waals surface area contributed by atoms with E-state index in [0.717, 1.165) is 17.0 Å². The highest BCUT2D eigenvalue weighted by Crippen LogP contribution is 2.13. The third kappa shape index (κ3) is 2.98. The molecule has 0 radical (unpaired) electrons. The number of carbonyl (C=O) groups excluding carboxylic acids is 1. The summed E-state index contributed by atoms with van der Waals surface area (Å²) in [6.45, 7) is 2.35. The van der Waals surface area contributed by atoms with Crippen molar-refractivity contribution in [2.45, 2.75) is 13.5 Å². The van der Waals surface area contributed by atoms with Gasteiger partial charge in [0.15, 0.2) is 0 Å². The minimum atomic E-state index is -0.245. The summed E-state index contributed by atoms with van der Waals surface area (Å²) in [4.78, 5) is 22.4. The van der Waals surface area contributed by atoms with Crippen LogP contribution >= 0.6 is 0 Å². The highest BCUT2D eigenvalue weighted by Gasteiger charge is 2.18. The maximum atomic E-state index is 12.5. The number of fused-ring (bicyclic) bond motifs is 1. The van der Waals surface area contributed by atoms with Crippen molar-refractivity contribution in [1.82, 2.24) is 24.5 Å². The normalized spacial score (nSPS) is 10.7. The number of aryl methyl sites for hydroxylation is 1. The molecular formula is C16H17N5O2. The summed E-state index contributed by atoms with van der Waals surface area (Å²) in [5.41, 5.74) is 1.87. The SMILES string of the molecule is COc1ccc(CN(C)C(=O)c2nc3nccc(C)n3n2)cc1. The number of rotatable bonds is 4. The van der Waals surface area contributed by atoms with E-state index < -0.39 is 0 Å². The zero-order chi connectivity index (χ0) is 16.4. The van der Waals surface area contributed by atoms with Crippen molar-refractivity contribution in [3.63, 3.8) is 0 Å². The van der Waals surface area contributed by atoms with Gasteiger partial charge in [0.1, 0.15) is 5.75 Å². The van der Waals surface area contributed by atoms with Crippen molar-refractivity contribution in [2.24, 2.45) is 0 Å². The summed E-state index contributed by atoms with van der Waals surface area (Å²) in [7, 11) is 3.34. The lowest BCUT2D eigenvalue weighted by atomic mass is 10.2. The Kier molecular flexibility index (Phi) is 3.92. The Morgan fingerprint density at radius 3 is 2.65 bits per heavy atom. The number of carbonyl (C=O) groups is 1. The highest BCUT2D eigenvalue weighted by molar-refractivity contribution is 5.90. The van der Waals surface area contributed by atoms with Crippen LogP contribution in [-0.2, 0) is 6.54 Å². The second kappa shape index (κ2) is 6.04. The Labute approximate surface area is 133 Å². The predicted molar refractivity (Wildman–Crippen MR) is 84.3 cm³/mol. The van der Waals surface area contributed by atoms with Crippen molar-refractivity contribution >= 4 is 11.7 Å². The number of aromatic nitrogens is 4. The number of benzene rings is 1. The van der Waals surface area contributed by atoms with Gasteiger partial charge in [-0.25, -0.2) is 9.50 Å². The molecular weight excluding hydrogens is 294 g/mol. The molecule has 0 bridgehead atoms. The van der Waals surface area contributed by atoms with E-state index in [1.807, 2.05) is 37.3 Å². The van der Waals surface area contributed by atoms with Gasteiger partial charge >= 0.3 is 0 Å². The van der Waals surface area contributed by atoms with Gasteiger partial charge in [-0.15, -0.1) is 5.10 Å². The van der Waals surface area contributed by atoms with Crippen LogP contribution in [0.2, 0.25) is 0 Å². The van der Waals surface area contributed by atoms with Crippen molar-refractivity contribution in [2.75, 3.05) is 14.2 Å². The first-order valence-electron chi connectivity index (χ1n) is 7.15. The van der Waals surface area contributed by atoms with E-state index in [0.29, 0.717) is 12.3 Å². The summed E-state index contributed by atoms with van der Waals surface area (Å²) >= 11 is 0. The predicted octanol–water partition coefficient (Wildman–Crippen LogP) is 1.71. The highest BCUT2D eigenvalue weighted by atomic mass is 16.5. The van der Waals surface area contributed by atoms with E-state index in [4.69, 9.17) is 4.74 Å². The first-order chi connectivity index (χ1) is 11.1. The number of hydrogen-bond donors (Lipinski definition) is 0. The van der Waals surface area contributed by atoms with Crippen LogP contribution in [-0.4, -0.2) is 44.5 Å². The van der Waals surface area contributed by atoms with Crippen LogP contribution in [0.4, 0.5) is 0 Å². The number of nitrogens with zero attached hydrogens (tertiary/aromatic N) is 5. The van der Waals surface area contributed by atoms with Crippen LogP contribution in [0.15, 0.2) is 36.5 Å². The standard InChI is InChI=1S/C16H17N5O2/c1-11-8-9-17-16-18-14(19-21(11)16)15(22)20(2)10-12-4-6-13(23-3)7-5-12/h4-9H,10H2,1-3H3. The van der Waals surface area contributed by atoms with E-state index >= 15 is 0 Å². The van der Waals surface area contributed by atoms with Gasteiger partial charge in [-0.1, -0.05) is 12.1 Å². The van der Waals surface area contributed by atoms with Gasteiger partial charge in [0.05, 0.1) is 7.11 Å². The van der Waals surface area contributed by atoms with Crippen molar-refractivity contribution in [3.8, 4) is 5.75 Å². The third-order valence-electron chi connectivity index (χ3n) is 3.55. The molecule has 0 spiro atoms. The van der Waals surface area contributed by atoms with E-state index in [-0.39, 0.29) is 11.7 Å². The average molecular weight is 311 g/mol. The van der Waals surface area contributed by atoms with Gasteiger partial charge in [0.2, 0.25) is 5.82 Å². The molecule has 0 saturated heterocycles. The van der Waals surface area contributed by atoms with Gasteiger partial charge < -0.3 is 9.64 Å². The van der Waals surface area contributed by atoms with Crippen LogP contribution < -0.4 is 4.74 Å². The Bertz CT molecular complexity index is 841. The van der Waals surface area contributed by atoms with Crippen LogP contribution in [0.1, 0.15) is 21.9 Å². The Morgan fingerprint density at radius 1 is 1.26 bits per heavy atom. The Morgan fingerprint density at radius 2 is 2.00 bits per heavy atom. The minimum absolute atomic E-state index is 0.141. The fraction of sp³-hybridized carbons (Fsp3) is 0.250. The smallest absolute Gasteiger partial charge is 0.293 e. The Balaban J connectivity index is 1.78.